The summed E-state index contributed by atoms with van der Waals surface area (Å²) in [6.07, 6.45) is 0. The Morgan fingerprint density at radius 1 is 1.58 bits per heavy atom. The van der Waals surface area contributed by atoms with Gasteiger partial charge in [0.15, 0.2) is 5.50 Å². The molecule has 1 aromatic carbocycles. The van der Waals surface area contributed by atoms with Crippen molar-refractivity contribution in [2.45, 2.75) is 5.50 Å². The molecule has 0 bridgehead atoms. The molecule has 4 heteroatoms. The van der Waals surface area contributed by atoms with Gasteiger partial charge in [-0.25, -0.2) is 0 Å². The highest BCUT2D eigenvalue weighted by Gasteiger charge is 2.06. The number of hydrogen-bond donors (Lipinski definition) is 0. The van der Waals surface area contributed by atoms with Gasteiger partial charge in [0, 0.05) is 0 Å². The third-order valence-corrected chi connectivity index (χ3v) is 1.71. The smallest absolute Gasteiger partial charge is 0.190 e. The van der Waals surface area contributed by atoms with Gasteiger partial charge in [-0.1, -0.05) is 23.7 Å². The van der Waals surface area contributed by atoms with Gasteiger partial charge in [0.1, 0.15) is 0 Å². The summed E-state index contributed by atoms with van der Waals surface area (Å²) in [6.45, 7) is 0. The van der Waals surface area contributed by atoms with Crippen LogP contribution in [0.3, 0.4) is 0 Å². The lowest BCUT2D eigenvalue weighted by Gasteiger charge is -1.99. The Labute approximate surface area is 74.6 Å². The number of nitriles is 1. The molecule has 1 atom stereocenters. The van der Waals surface area contributed by atoms with Crippen LogP contribution in [0.2, 0.25) is 0 Å². The lowest BCUT2D eigenvalue weighted by Crippen LogP contribution is -1.85. The fourth-order valence-electron chi connectivity index (χ4n) is 0.817. The molecular formula is C8H5ClN2O. The molecule has 1 rings (SSSR count). The van der Waals surface area contributed by atoms with E-state index >= 15 is 0 Å². The molecule has 1 aromatic rings. The highest BCUT2D eigenvalue weighted by atomic mass is 35.5. The maximum atomic E-state index is 10.0. The normalized spacial score (nSPS) is 11.7. The summed E-state index contributed by atoms with van der Waals surface area (Å²) in [4.78, 5) is 10.0. The molecule has 0 aliphatic rings. The lowest BCUT2D eigenvalue weighted by molar-refractivity contribution is 1.00. The molecule has 0 radical (unpaired) electrons. The summed E-state index contributed by atoms with van der Waals surface area (Å²) < 4.78 is 0. The molecule has 0 aliphatic heterocycles. The van der Waals surface area contributed by atoms with Crippen LogP contribution in [0.1, 0.15) is 16.6 Å². The van der Waals surface area contributed by atoms with Crippen molar-refractivity contribution in [3.8, 4) is 6.07 Å². The van der Waals surface area contributed by atoms with Crippen LogP contribution in [0, 0.1) is 16.2 Å². The average molecular weight is 181 g/mol. The second-order valence-corrected chi connectivity index (χ2v) is 2.59. The summed E-state index contributed by atoms with van der Waals surface area (Å²) >= 11 is 5.53. The third kappa shape index (κ3) is 1.80. The van der Waals surface area contributed by atoms with E-state index in [2.05, 4.69) is 5.18 Å². The average Bonchev–Trinajstić information content (AvgIpc) is 2.17. The second kappa shape index (κ2) is 3.84. The predicted octanol–water partition coefficient (Wildman–Crippen LogP) is 2.56. The maximum Gasteiger partial charge on any atom is 0.190 e. The van der Waals surface area contributed by atoms with E-state index in [1.165, 1.54) is 0 Å². The Hall–Kier alpha value is -1.40. The molecule has 0 spiro atoms. The fraction of sp³-hybridized carbons (Fsp3) is 0.125. The number of alkyl halides is 1. The van der Waals surface area contributed by atoms with Gasteiger partial charge in [-0.2, -0.15) is 5.26 Å². The van der Waals surface area contributed by atoms with Gasteiger partial charge in [-0.15, -0.1) is 4.91 Å². The van der Waals surface area contributed by atoms with E-state index < -0.39 is 5.50 Å². The zero-order chi connectivity index (χ0) is 8.97. The molecule has 0 N–H and O–H groups in total. The van der Waals surface area contributed by atoms with E-state index in [1.54, 1.807) is 24.3 Å². The van der Waals surface area contributed by atoms with Crippen molar-refractivity contribution in [2.24, 2.45) is 5.18 Å². The molecule has 3 nitrogen and oxygen atoms in total. The van der Waals surface area contributed by atoms with Crippen molar-refractivity contribution >= 4 is 11.6 Å². The van der Waals surface area contributed by atoms with Gasteiger partial charge in [-0.05, 0) is 22.9 Å². The van der Waals surface area contributed by atoms with Crippen LogP contribution < -0.4 is 0 Å². The zero-order valence-electron chi connectivity index (χ0n) is 6.07. The first-order valence-electron chi connectivity index (χ1n) is 3.24. The first-order valence-corrected chi connectivity index (χ1v) is 3.68. The van der Waals surface area contributed by atoms with Crippen LogP contribution in [-0.2, 0) is 0 Å². The topological polar surface area (TPSA) is 53.2 Å². The summed E-state index contributed by atoms with van der Waals surface area (Å²) in [6, 6.07) is 8.44. The van der Waals surface area contributed by atoms with E-state index in [-0.39, 0.29) is 0 Å². The largest absolute Gasteiger partial charge is 0.192 e. The number of nitroso groups, excluding NO2 is 1. The van der Waals surface area contributed by atoms with Gasteiger partial charge in [0.05, 0.1) is 11.6 Å². The predicted molar refractivity (Wildman–Crippen MR) is 45.5 cm³/mol. The van der Waals surface area contributed by atoms with Crippen LogP contribution in [0.25, 0.3) is 0 Å². The Morgan fingerprint density at radius 2 is 2.33 bits per heavy atom. The number of halogens is 1. The highest BCUT2D eigenvalue weighted by Crippen LogP contribution is 2.21. The number of benzene rings is 1. The highest BCUT2D eigenvalue weighted by molar-refractivity contribution is 6.20. The van der Waals surface area contributed by atoms with Gasteiger partial charge in [0.25, 0.3) is 0 Å². The van der Waals surface area contributed by atoms with Crippen LogP contribution in [0.15, 0.2) is 29.4 Å². The van der Waals surface area contributed by atoms with Crippen LogP contribution in [0.4, 0.5) is 0 Å². The molecule has 12 heavy (non-hydrogen) atoms. The Kier molecular flexibility index (Phi) is 2.78. The standard InChI is InChI=1S/C8H5ClN2O/c9-8(11-12)7-3-1-2-6(4-7)5-10/h1-4,8H. The van der Waals surface area contributed by atoms with Gasteiger partial charge >= 0.3 is 0 Å². The SMILES string of the molecule is N#Cc1cccc(C(Cl)N=O)c1. The number of rotatable bonds is 2. The van der Waals surface area contributed by atoms with Crippen molar-refractivity contribution in [2.75, 3.05) is 0 Å². The zero-order valence-corrected chi connectivity index (χ0v) is 6.82. The Morgan fingerprint density at radius 3 is 2.92 bits per heavy atom. The minimum absolute atomic E-state index is 0.474. The van der Waals surface area contributed by atoms with Crippen LogP contribution in [-0.4, -0.2) is 0 Å². The van der Waals surface area contributed by atoms with Gasteiger partial charge in [0.2, 0.25) is 0 Å². The van der Waals surface area contributed by atoms with Crippen molar-refractivity contribution < 1.29 is 0 Å². The van der Waals surface area contributed by atoms with E-state index in [4.69, 9.17) is 16.9 Å². The van der Waals surface area contributed by atoms with Crippen LogP contribution >= 0.6 is 11.6 Å². The molecule has 0 saturated heterocycles. The number of nitrogens with zero attached hydrogens (tertiary/aromatic N) is 2. The Bertz CT molecular complexity index is 332. The van der Waals surface area contributed by atoms with Crippen molar-refractivity contribution in [3.05, 3.63) is 40.3 Å². The Balaban J connectivity index is 3.03. The second-order valence-electron chi connectivity index (χ2n) is 2.18. The van der Waals surface area contributed by atoms with Crippen LogP contribution in [0.5, 0.6) is 0 Å². The molecule has 0 amide bonds. The fourth-order valence-corrected chi connectivity index (χ4v) is 0.953. The number of hydrogen-bond acceptors (Lipinski definition) is 3. The molecular weight excluding hydrogens is 176 g/mol. The molecule has 1 unspecified atom stereocenters. The van der Waals surface area contributed by atoms with E-state index in [0.717, 1.165) is 0 Å². The molecule has 0 aliphatic carbocycles. The summed E-state index contributed by atoms with van der Waals surface area (Å²) in [5, 5.41) is 11.2. The lowest BCUT2D eigenvalue weighted by atomic mass is 10.1. The molecule has 0 heterocycles. The monoisotopic (exact) mass is 180 g/mol. The first kappa shape index (κ1) is 8.69. The molecule has 60 valence electrons. The summed E-state index contributed by atoms with van der Waals surface area (Å²) in [5.74, 6) is 0. The first-order chi connectivity index (χ1) is 5.77. The van der Waals surface area contributed by atoms with E-state index in [9.17, 15) is 4.91 Å². The minimum atomic E-state index is -0.904. The van der Waals surface area contributed by atoms with Gasteiger partial charge in [-0.3, -0.25) is 0 Å². The van der Waals surface area contributed by atoms with Gasteiger partial charge < -0.3 is 0 Å². The van der Waals surface area contributed by atoms with Crippen molar-refractivity contribution in [3.63, 3.8) is 0 Å². The minimum Gasteiger partial charge on any atom is -0.192 e. The molecule has 0 aromatic heterocycles. The molecule has 0 saturated carbocycles. The quantitative estimate of drug-likeness (QED) is 0.399. The van der Waals surface area contributed by atoms with E-state index in [0.29, 0.717) is 11.1 Å². The molecule has 0 fully saturated rings. The summed E-state index contributed by atoms with van der Waals surface area (Å²) in [7, 11) is 0. The van der Waals surface area contributed by atoms with Crippen molar-refractivity contribution in [1.82, 2.24) is 0 Å². The van der Waals surface area contributed by atoms with E-state index in [1.807, 2.05) is 6.07 Å². The third-order valence-electron chi connectivity index (χ3n) is 1.38. The van der Waals surface area contributed by atoms with Crippen molar-refractivity contribution in [1.29, 1.82) is 5.26 Å². The summed E-state index contributed by atoms with van der Waals surface area (Å²) in [5.41, 5.74) is 0.116. The maximum absolute atomic E-state index is 10.0.